The molecule has 1 aromatic heterocycles. The SMILES string of the molecule is CCCCN1CCC(O)(c2cccs2)CC1.Cl. The average molecular weight is 276 g/mol. The smallest absolute Gasteiger partial charge is 0.101 e. The Kier molecular flexibility index (Phi) is 5.93. The third kappa shape index (κ3) is 3.68. The second-order valence-electron chi connectivity index (χ2n) is 4.70. The van der Waals surface area contributed by atoms with Crippen LogP contribution in [0.4, 0.5) is 0 Å². The van der Waals surface area contributed by atoms with Gasteiger partial charge in [-0.05, 0) is 37.3 Å². The van der Waals surface area contributed by atoms with Crippen LogP contribution in [0.15, 0.2) is 17.5 Å². The third-order valence-electron chi connectivity index (χ3n) is 3.49. The Labute approximate surface area is 114 Å². The van der Waals surface area contributed by atoms with E-state index in [1.165, 1.54) is 19.4 Å². The van der Waals surface area contributed by atoms with Gasteiger partial charge in [0, 0.05) is 18.0 Å². The Bertz CT molecular complexity index is 307. The summed E-state index contributed by atoms with van der Waals surface area (Å²) < 4.78 is 0. The number of unbranched alkanes of at least 4 members (excludes halogenated alkanes) is 1. The van der Waals surface area contributed by atoms with Crippen LogP contribution >= 0.6 is 23.7 Å². The van der Waals surface area contributed by atoms with E-state index in [1.807, 2.05) is 6.07 Å². The number of hydrogen-bond acceptors (Lipinski definition) is 3. The van der Waals surface area contributed by atoms with E-state index in [1.54, 1.807) is 11.3 Å². The fraction of sp³-hybridized carbons (Fsp3) is 0.692. The van der Waals surface area contributed by atoms with Gasteiger partial charge in [0.05, 0.1) is 0 Å². The Morgan fingerprint density at radius 1 is 1.41 bits per heavy atom. The first-order valence-corrected chi connectivity index (χ1v) is 7.11. The molecular weight excluding hydrogens is 254 g/mol. The van der Waals surface area contributed by atoms with Crippen LogP contribution < -0.4 is 0 Å². The zero-order valence-corrected chi connectivity index (χ0v) is 12.0. The van der Waals surface area contributed by atoms with Crippen molar-refractivity contribution >= 4 is 23.7 Å². The molecule has 0 atom stereocenters. The van der Waals surface area contributed by atoms with E-state index in [4.69, 9.17) is 0 Å². The predicted molar refractivity (Wildman–Crippen MR) is 76.0 cm³/mol. The Morgan fingerprint density at radius 2 is 2.12 bits per heavy atom. The molecule has 1 aliphatic heterocycles. The fourth-order valence-corrected chi connectivity index (χ4v) is 3.20. The Balaban J connectivity index is 0.00000144. The summed E-state index contributed by atoms with van der Waals surface area (Å²) in [7, 11) is 0. The first-order valence-electron chi connectivity index (χ1n) is 6.23. The van der Waals surface area contributed by atoms with Crippen molar-refractivity contribution in [3.05, 3.63) is 22.4 Å². The lowest BCUT2D eigenvalue weighted by Crippen LogP contribution is -2.42. The maximum atomic E-state index is 10.6. The van der Waals surface area contributed by atoms with Crippen molar-refractivity contribution < 1.29 is 5.11 Å². The molecule has 0 radical (unpaired) electrons. The largest absolute Gasteiger partial charge is 0.384 e. The molecule has 0 aliphatic carbocycles. The number of nitrogens with zero attached hydrogens (tertiary/aromatic N) is 1. The summed E-state index contributed by atoms with van der Waals surface area (Å²) >= 11 is 1.68. The molecule has 0 spiro atoms. The van der Waals surface area contributed by atoms with Crippen molar-refractivity contribution in [1.82, 2.24) is 4.90 Å². The Hall–Kier alpha value is -0.0900. The molecule has 1 aliphatic rings. The number of thiophene rings is 1. The highest BCUT2D eigenvalue weighted by atomic mass is 35.5. The van der Waals surface area contributed by atoms with Crippen LogP contribution in [0.2, 0.25) is 0 Å². The molecule has 98 valence electrons. The first-order chi connectivity index (χ1) is 7.74. The second kappa shape index (κ2) is 6.74. The van der Waals surface area contributed by atoms with Crippen LogP contribution in [0.25, 0.3) is 0 Å². The summed E-state index contributed by atoms with van der Waals surface area (Å²) in [5.41, 5.74) is -0.545. The minimum Gasteiger partial charge on any atom is -0.384 e. The first kappa shape index (κ1) is 15.0. The van der Waals surface area contributed by atoms with E-state index in [9.17, 15) is 5.11 Å². The molecule has 4 heteroatoms. The summed E-state index contributed by atoms with van der Waals surface area (Å²) in [4.78, 5) is 3.62. The topological polar surface area (TPSA) is 23.5 Å². The summed E-state index contributed by atoms with van der Waals surface area (Å²) in [6, 6.07) is 4.09. The summed E-state index contributed by atoms with van der Waals surface area (Å²) in [5, 5.41) is 12.6. The lowest BCUT2D eigenvalue weighted by molar-refractivity contribution is -0.0230. The van der Waals surface area contributed by atoms with Gasteiger partial charge in [0.15, 0.2) is 0 Å². The van der Waals surface area contributed by atoms with Gasteiger partial charge in [-0.25, -0.2) is 0 Å². The maximum absolute atomic E-state index is 10.6. The van der Waals surface area contributed by atoms with Crippen molar-refractivity contribution in [3.63, 3.8) is 0 Å². The van der Waals surface area contributed by atoms with Crippen LogP contribution in [0, 0.1) is 0 Å². The van der Waals surface area contributed by atoms with Gasteiger partial charge in [-0.2, -0.15) is 0 Å². The monoisotopic (exact) mass is 275 g/mol. The highest BCUT2D eigenvalue weighted by Crippen LogP contribution is 2.35. The predicted octanol–water partition coefficient (Wildman–Crippen LogP) is 3.25. The zero-order chi connectivity index (χ0) is 11.4. The van der Waals surface area contributed by atoms with Gasteiger partial charge >= 0.3 is 0 Å². The molecule has 2 rings (SSSR count). The second-order valence-corrected chi connectivity index (χ2v) is 5.65. The molecule has 0 bridgehead atoms. The van der Waals surface area contributed by atoms with Crippen molar-refractivity contribution in [2.24, 2.45) is 0 Å². The van der Waals surface area contributed by atoms with Crippen molar-refractivity contribution in [2.45, 2.75) is 38.2 Å². The maximum Gasteiger partial charge on any atom is 0.101 e. The summed E-state index contributed by atoms with van der Waals surface area (Å²) in [6.45, 7) is 5.49. The fourth-order valence-electron chi connectivity index (χ4n) is 2.32. The van der Waals surface area contributed by atoms with Gasteiger partial charge in [0.1, 0.15) is 5.60 Å². The Morgan fingerprint density at radius 3 is 2.65 bits per heavy atom. The van der Waals surface area contributed by atoms with Crippen molar-refractivity contribution in [3.8, 4) is 0 Å². The zero-order valence-electron chi connectivity index (χ0n) is 10.4. The molecule has 1 N–H and O–H groups in total. The van der Waals surface area contributed by atoms with Crippen LogP contribution in [0.1, 0.15) is 37.5 Å². The number of aliphatic hydroxyl groups is 1. The van der Waals surface area contributed by atoms with Crippen LogP contribution in [0.3, 0.4) is 0 Å². The van der Waals surface area contributed by atoms with Gasteiger partial charge in [-0.3, -0.25) is 0 Å². The number of halogens is 1. The summed E-state index contributed by atoms with van der Waals surface area (Å²) in [6.07, 6.45) is 4.30. The average Bonchev–Trinajstić information content (AvgIpc) is 2.83. The molecule has 2 nitrogen and oxygen atoms in total. The number of rotatable bonds is 4. The highest BCUT2D eigenvalue weighted by molar-refractivity contribution is 7.10. The normalized spacial score (nSPS) is 19.9. The molecule has 1 fully saturated rings. The minimum atomic E-state index is -0.545. The molecule has 0 saturated carbocycles. The van der Waals surface area contributed by atoms with E-state index >= 15 is 0 Å². The van der Waals surface area contributed by atoms with Crippen LogP contribution in [-0.4, -0.2) is 29.6 Å². The third-order valence-corrected chi connectivity index (χ3v) is 4.55. The van der Waals surface area contributed by atoms with E-state index in [2.05, 4.69) is 23.3 Å². The lowest BCUT2D eigenvalue weighted by Gasteiger charge is -2.37. The highest BCUT2D eigenvalue weighted by Gasteiger charge is 2.34. The quantitative estimate of drug-likeness (QED) is 0.912. The van der Waals surface area contributed by atoms with Gasteiger partial charge in [-0.1, -0.05) is 19.4 Å². The van der Waals surface area contributed by atoms with Crippen LogP contribution in [-0.2, 0) is 5.60 Å². The van der Waals surface area contributed by atoms with E-state index < -0.39 is 5.60 Å². The van der Waals surface area contributed by atoms with Gasteiger partial charge in [0.2, 0.25) is 0 Å². The van der Waals surface area contributed by atoms with Crippen molar-refractivity contribution in [1.29, 1.82) is 0 Å². The molecule has 2 heterocycles. The van der Waals surface area contributed by atoms with Crippen LogP contribution in [0.5, 0.6) is 0 Å². The molecule has 1 saturated heterocycles. The summed E-state index contributed by atoms with van der Waals surface area (Å²) in [5.74, 6) is 0. The standard InChI is InChI=1S/C13H21NOS.ClH/c1-2-3-8-14-9-6-13(15,7-10-14)12-5-4-11-16-12;/h4-5,11,15H,2-3,6-10H2,1H3;1H. The molecule has 0 aromatic carbocycles. The molecule has 17 heavy (non-hydrogen) atoms. The van der Waals surface area contributed by atoms with E-state index in [0.717, 1.165) is 30.8 Å². The molecule has 0 unspecified atom stereocenters. The van der Waals surface area contributed by atoms with E-state index in [-0.39, 0.29) is 12.4 Å². The van der Waals surface area contributed by atoms with Gasteiger partial charge < -0.3 is 10.0 Å². The number of likely N-dealkylation sites (tertiary alicyclic amines) is 1. The van der Waals surface area contributed by atoms with E-state index in [0.29, 0.717) is 0 Å². The minimum absolute atomic E-state index is 0. The number of piperidine rings is 1. The van der Waals surface area contributed by atoms with Crippen molar-refractivity contribution in [2.75, 3.05) is 19.6 Å². The molecule has 0 amide bonds. The molecular formula is C13H22ClNOS. The lowest BCUT2D eigenvalue weighted by atomic mass is 9.90. The molecule has 1 aromatic rings. The van der Waals surface area contributed by atoms with Gasteiger partial charge in [-0.15, -0.1) is 23.7 Å². The number of hydrogen-bond donors (Lipinski definition) is 1. The van der Waals surface area contributed by atoms with Gasteiger partial charge in [0.25, 0.3) is 0 Å².